The first-order chi connectivity index (χ1) is 12.0. The monoisotopic (exact) mass is 348 g/mol. The van der Waals surface area contributed by atoms with Crippen molar-refractivity contribution in [3.8, 4) is 5.88 Å². The number of benzene rings is 1. The predicted octanol–water partition coefficient (Wildman–Crippen LogP) is 1.23. The number of rotatable bonds is 3. The first kappa shape index (κ1) is 16.0. The third-order valence-corrected chi connectivity index (χ3v) is 4.71. The molecule has 132 valence electrons. The highest BCUT2D eigenvalue weighted by molar-refractivity contribution is 5.47. The molecule has 1 unspecified atom stereocenters. The highest BCUT2D eigenvalue weighted by Gasteiger charge is 2.34. The molecule has 0 radical (unpaired) electrons. The number of likely N-dealkylation sites (N-methyl/N-ethyl adjacent to an activating group) is 1. The van der Waals surface area contributed by atoms with E-state index in [0.717, 1.165) is 37.6 Å². The summed E-state index contributed by atoms with van der Waals surface area (Å²) in [7, 11) is 2.07. The van der Waals surface area contributed by atoms with Gasteiger partial charge in [-0.15, -0.1) is 0 Å². The van der Waals surface area contributed by atoms with Gasteiger partial charge in [-0.3, -0.25) is 4.57 Å². The van der Waals surface area contributed by atoms with Crippen LogP contribution in [-0.2, 0) is 13.2 Å². The maximum atomic E-state index is 13.3. The van der Waals surface area contributed by atoms with E-state index in [1.54, 1.807) is 10.6 Å². The summed E-state index contributed by atoms with van der Waals surface area (Å²) in [6.07, 6.45) is 0. The number of nitrogens with zero attached hydrogens (tertiary/aromatic N) is 4. The first-order valence-electron chi connectivity index (χ1n) is 8.15. The molecule has 1 aromatic heterocycles. The maximum Gasteiger partial charge on any atom is 0.352 e. The van der Waals surface area contributed by atoms with Crippen molar-refractivity contribution in [2.45, 2.75) is 19.2 Å². The molecule has 8 heteroatoms. The molecule has 0 N–H and O–H groups in total. The summed E-state index contributed by atoms with van der Waals surface area (Å²) >= 11 is 0. The Morgan fingerprint density at radius 3 is 2.84 bits per heavy atom. The predicted molar refractivity (Wildman–Crippen MR) is 87.8 cm³/mol. The Morgan fingerprint density at radius 2 is 2.04 bits per heavy atom. The van der Waals surface area contributed by atoms with Gasteiger partial charge in [-0.05, 0) is 24.7 Å². The molecule has 0 amide bonds. The highest BCUT2D eigenvalue weighted by Crippen LogP contribution is 2.28. The summed E-state index contributed by atoms with van der Waals surface area (Å²) in [5, 5.41) is 0. The normalized spacial score (nSPS) is 19.6. The zero-order chi connectivity index (χ0) is 17.6. The molecule has 4 rings (SSSR count). The van der Waals surface area contributed by atoms with E-state index in [4.69, 9.17) is 4.74 Å². The van der Waals surface area contributed by atoms with Crippen molar-refractivity contribution in [1.29, 1.82) is 0 Å². The van der Waals surface area contributed by atoms with Crippen LogP contribution in [-0.4, -0.2) is 47.2 Å². The molecule has 0 aliphatic carbocycles. The van der Waals surface area contributed by atoms with Gasteiger partial charge < -0.3 is 14.5 Å². The molecule has 0 saturated carbocycles. The Hall–Kier alpha value is -2.48. The minimum absolute atomic E-state index is 0.0132. The van der Waals surface area contributed by atoms with Crippen molar-refractivity contribution < 1.29 is 13.5 Å². The number of fused-ring (bicyclic) bond motifs is 3. The van der Waals surface area contributed by atoms with Gasteiger partial charge in [-0.25, -0.2) is 13.6 Å². The molecule has 1 fully saturated rings. The van der Waals surface area contributed by atoms with Crippen molar-refractivity contribution in [3.63, 3.8) is 0 Å². The summed E-state index contributed by atoms with van der Waals surface area (Å²) in [4.78, 5) is 20.7. The van der Waals surface area contributed by atoms with Gasteiger partial charge in [-0.1, -0.05) is 6.07 Å². The minimum Gasteiger partial charge on any atom is -0.473 e. The zero-order valence-corrected chi connectivity index (χ0v) is 13.8. The van der Waals surface area contributed by atoms with Crippen molar-refractivity contribution >= 4 is 5.82 Å². The lowest BCUT2D eigenvalue weighted by atomic mass is 10.2. The number of piperazine rings is 1. The van der Waals surface area contributed by atoms with Crippen LogP contribution in [0, 0.1) is 11.6 Å². The summed E-state index contributed by atoms with van der Waals surface area (Å²) in [5.41, 5.74) is 0.119. The fourth-order valence-electron chi connectivity index (χ4n) is 3.42. The molecule has 0 bridgehead atoms. The summed E-state index contributed by atoms with van der Waals surface area (Å²) in [5.74, 6) is -0.832. The van der Waals surface area contributed by atoms with Crippen LogP contribution in [0.1, 0.15) is 5.56 Å². The number of hydrogen-bond donors (Lipinski definition) is 0. The van der Waals surface area contributed by atoms with Gasteiger partial charge in [0.1, 0.15) is 12.4 Å². The van der Waals surface area contributed by atoms with Crippen LogP contribution in [0.15, 0.2) is 29.1 Å². The number of aromatic nitrogens is 2. The minimum atomic E-state index is -0.927. The summed E-state index contributed by atoms with van der Waals surface area (Å²) in [6.45, 7) is 3.30. The molecule has 0 spiro atoms. The van der Waals surface area contributed by atoms with Crippen molar-refractivity contribution in [2.24, 2.45) is 0 Å². The lowest BCUT2D eigenvalue weighted by Crippen LogP contribution is -2.50. The van der Waals surface area contributed by atoms with Gasteiger partial charge in [0.15, 0.2) is 11.6 Å². The van der Waals surface area contributed by atoms with E-state index in [9.17, 15) is 13.6 Å². The highest BCUT2D eigenvalue weighted by atomic mass is 19.2. The summed E-state index contributed by atoms with van der Waals surface area (Å²) in [6, 6.07) is 5.57. The van der Waals surface area contributed by atoms with E-state index >= 15 is 0 Å². The van der Waals surface area contributed by atoms with Crippen molar-refractivity contribution in [1.82, 2.24) is 14.5 Å². The topological polar surface area (TPSA) is 50.6 Å². The molecule has 1 atom stereocenters. The number of anilines is 1. The Labute approximate surface area is 143 Å². The Bertz CT molecular complexity index is 870. The largest absolute Gasteiger partial charge is 0.473 e. The van der Waals surface area contributed by atoms with Gasteiger partial charge in [0, 0.05) is 25.7 Å². The van der Waals surface area contributed by atoms with Gasteiger partial charge in [0.05, 0.1) is 12.6 Å². The molecule has 3 heterocycles. The van der Waals surface area contributed by atoms with Crippen LogP contribution in [0.2, 0.25) is 0 Å². The summed E-state index contributed by atoms with van der Waals surface area (Å²) < 4.78 is 33.4. The Balaban J connectivity index is 1.55. The van der Waals surface area contributed by atoms with Gasteiger partial charge in [0.2, 0.25) is 5.88 Å². The molecule has 2 aliphatic heterocycles. The Kier molecular flexibility index (Phi) is 3.91. The third kappa shape index (κ3) is 2.97. The van der Waals surface area contributed by atoms with Gasteiger partial charge in [0.25, 0.3) is 0 Å². The second-order valence-electron chi connectivity index (χ2n) is 6.49. The van der Waals surface area contributed by atoms with E-state index in [1.807, 2.05) is 0 Å². The van der Waals surface area contributed by atoms with Gasteiger partial charge >= 0.3 is 5.69 Å². The molecule has 2 aromatic rings. The SMILES string of the molecule is CN1CCN2c3cc(OCc4ccc(F)c(F)c4)nc(=O)n3CC2C1. The maximum absolute atomic E-state index is 13.3. The van der Waals surface area contributed by atoms with E-state index in [1.165, 1.54) is 6.07 Å². The van der Waals surface area contributed by atoms with Crippen LogP contribution in [0.3, 0.4) is 0 Å². The van der Waals surface area contributed by atoms with Crippen LogP contribution in [0.5, 0.6) is 5.88 Å². The molecule has 6 nitrogen and oxygen atoms in total. The quantitative estimate of drug-likeness (QED) is 0.835. The fraction of sp³-hybridized carbons (Fsp3) is 0.412. The second-order valence-corrected chi connectivity index (χ2v) is 6.49. The van der Waals surface area contributed by atoms with Crippen molar-refractivity contribution in [2.75, 3.05) is 31.6 Å². The van der Waals surface area contributed by atoms with E-state index < -0.39 is 11.6 Å². The van der Waals surface area contributed by atoms with Crippen molar-refractivity contribution in [3.05, 3.63) is 51.9 Å². The molecule has 1 saturated heterocycles. The second kappa shape index (κ2) is 6.11. The number of halogens is 2. The van der Waals surface area contributed by atoms with E-state index in [2.05, 4.69) is 21.8 Å². The first-order valence-corrected chi connectivity index (χ1v) is 8.15. The lowest BCUT2D eigenvalue weighted by molar-refractivity contribution is 0.268. The third-order valence-electron chi connectivity index (χ3n) is 4.71. The van der Waals surface area contributed by atoms with E-state index in [0.29, 0.717) is 12.1 Å². The fourth-order valence-corrected chi connectivity index (χ4v) is 3.42. The number of ether oxygens (including phenoxy) is 1. The average Bonchev–Trinajstić information content (AvgIpc) is 2.94. The Morgan fingerprint density at radius 1 is 1.20 bits per heavy atom. The van der Waals surface area contributed by atoms with Gasteiger partial charge in [-0.2, -0.15) is 4.98 Å². The lowest BCUT2D eigenvalue weighted by Gasteiger charge is -2.36. The average molecular weight is 348 g/mol. The molecular weight excluding hydrogens is 330 g/mol. The number of hydrogen-bond acceptors (Lipinski definition) is 5. The molecule has 25 heavy (non-hydrogen) atoms. The van der Waals surface area contributed by atoms with Crippen LogP contribution < -0.4 is 15.3 Å². The van der Waals surface area contributed by atoms with Crippen LogP contribution in [0.4, 0.5) is 14.6 Å². The smallest absolute Gasteiger partial charge is 0.352 e. The standard InChI is InChI=1S/C17H18F2N4O2/c1-21-4-5-22-12(8-21)9-23-16(22)7-15(20-17(23)24)25-10-11-2-3-13(18)14(19)6-11/h2-3,6-7,12H,4-5,8-10H2,1H3. The van der Waals surface area contributed by atoms with E-state index in [-0.39, 0.29) is 24.2 Å². The zero-order valence-electron chi connectivity index (χ0n) is 13.8. The van der Waals surface area contributed by atoms with Crippen LogP contribution in [0.25, 0.3) is 0 Å². The molecule has 2 aliphatic rings. The van der Waals surface area contributed by atoms with Crippen LogP contribution >= 0.6 is 0 Å². The molecular formula is C17H18F2N4O2. The molecule has 1 aromatic carbocycles.